The van der Waals surface area contributed by atoms with Gasteiger partial charge in [0.1, 0.15) is 0 Å². The number of amides is 1. The van der Waals surface area contributed by atoms with Gasteiger partial charge in [0.15, 0.2) is 0 Å². The van der Waals surface area contributed by atoms with E-state index in [4.69, 9.17) is 4.42 Å². The van der Waals surface area contributed by atoms with Crippen molar-refractivity contribution in [2.75, 3.05) is 20.6 Å². The van der Waals surface area contributed by atoms with Gasteiger partial charge < -0.3 is 13.9 Å². The monoisotopic (exact) mass is 288 g/mol. The normalized spacial score (nSPS) is 18.5. The molecule has 0 aliphatic carbocycles. The highest BCUT2D eigenvalue weighted by Gasteiger charge is 2.34. The van der Waals surface area contributed by atoms with E-state index >= 15 is 0 Å². The zero-order valence-electron chi connectivity index (χ0n) is 12.6. The summed E-state index contributed by atoms with van der Waals surface area (Å²) < 4.78 is 7.09. The Labute approximate surface area is 124 Å². The first-order valence-corrected chi connectivity index (χ1v) is 7.01. The Kier molecular flexibility index (Phi) is 3.55. The summed E-state index contributed by atoms with van der Waals surface area (Å²) in [7, 11) is 5.55. The van der Waals surface area contributed by atoms with E-state index < -0.39 is 0 Å². The van der Waals surface area contributed by atoms with Crippen LogP contribution in [0.5, 0.6) is 0 Å². The van der Waals surface area contributed by atoms with Crippen molar-refractivity contribution in [3.63, 3.8) is 0 Å². The lowest BCUT2D eigenvalue weighted by molar-refractivity contribution is -0.131. The van der Waals surface area contributed by atoms with Crippen LogP contribution in [-0.4, -0.2) is 45.9 Å². The van der Waals surface area contributed by atoms with E-state index in [9.17, 15) is 4.79 Å². The van der Waals surface area contributed by atoms with E-state index in [1.807, 2.05) is 17.7 Å². The molecule has 0 N–H and O–H groups in total. The Balaban J connectivity index is 1.88. The van der Waals surface area contributed by atoms with Crippen LogP contribution in [0.2, 0.25) is 0 Å². The molecule has 0 unspecified atom stereocenters. The molecule has 0 saturated carbocycles. The van der Waals surface area contributed by atoms with Crippen molar-refractivity contribution in [1.82, 2.24) is 19.4 Å². The van der Waals surface area contributed by atoms with Gasteiger partial charge in [0.2, 0.25) is 5.91 Å². The van der Waals surface area contributed by atoms with E-state index in [2.05, 4.69) is 9.88 Å². The number of aryl methyl sites for hydroxylation is 1. The van der Waals surface area contributed by atoms with Gasteiger partial charge in [0.05, 0.1) is 36.2 Å². The van der Waals surface area contributed by atoms with Gasteiger partial charge in [-0.15, -0.1) is 0 Å². The van der Waals surface area contributed by atoms with Gasteiger partial charge in [0, 0.05) is 46.3 Å². The number of fused-ring (bicyclic) bond motifs is 1. The van der Waals surface area contributed by atoms with Gasteiger partial charge in [-0.25, -0.2) is 4.98 Å². The summed E-state index contributed by atoms with van der Waals surface area (Å²) in [5.41, 5.74) is 3.15. The van der Waals surface area contributed by atoms with Crippen molar-refractivity contribution in [2.24, 2.45) is 7.05 Å². The van der Waals surface area contributed by atoms with Crippen molar-refractivity contribution in [3.05, 3.63) is 41.9 Å². The lowest BCUT2D eigenvalue weighted by Crippen LogP contribution is -2.41. The van der Waals surface area contributed by atoms with Gasteiger partial charge in [0.25, 0.3) is 0 Å². The van der Waals surface area contributed by atoms with Crippen LogP contribution in [0, 0.1) is 0 Å². The first kappa shape index (κ1) is 13.9. The first-order chi connectivity index (χ1) is 10.1. The summed E-state index contributed by atoms with van der Waals surface area (Å²) in [6.07, 6.45) is 5.21. The summed E-state index contributed by atoms with van der Waals surface area (Å²) >= 11 is 0. The van der Waals surface area contributed by atoms with Crippen molar-refractivity contribution in [2.45, 2.75) is 19.0 Å². The molecule has 0 aromatic carbocycles. The van der Waals surface area contributed by atoms with Gasteiger partial charge in [-0.1, -0.05) is 0 Å². The second-order valence-corrected chi connectivity index (χ2v) is 5.77. The number of imidazole rings is 1. The molecule has 2 aromatic rings. The summed E-state index contributed by atoms with van der Waals surface area (Å²) in [6.45, 7) is 2.23. The Morgan fingerprint density at radius 1 is 1.52 bits per heavy atom. The summed E-state index contributed by atoms with van der Waals surface area (Å²) in [5.74, 6) is -0.0418. The lowest BCUT2D eigenvalue weighted by Gasteiger charge is -2.33. The molecule has 2 aromatic heterocycles. The highest BCUT2D eigenvalue weighted by molar-refractivity contribution is 5.83. The van der Waals surface area contributed by atoms with Gasteiger partial charge in [-0.3, -0.25) is 9.69 Å². The number of nitrogens with zero attached hydrogens (tertiary/aromatic N) is 4. The van der Waals surface area contributed by atoms with Gasteiger partial charge >= 0.3 is 0 Å². The average Bonchev–Trinajstić information content (AvgIpc) is 3.08. The first-order valence-electron chi connectivity index (χ1n) is 7.01. The zero-order valence-corrected chi connectivity index (χ0v) is 12.6. The maximum atomic E-state index is 12.5. The Morgan fingerprint density at radius 2 is 2.33 bits per heavy atom. The minimum absolute atomic E-state index is 0.122. The van der Waals surface area contributed by atoms with E-state index in [0.717, 1.165) is 30.0 Å². The maximum absolute atomic E-state index is 12.5. The van der Waals surface area contributed by atoms with Crippen LogP contribution in [-0.2, 0) is 24.9 Å². The quantitative estimate of drug-likeness (QED) is 0.851. The van der Waals surface area contributed by atoms with Crippen molar-refractivity contribution < 1.29 is 9.21 Å². The van der Waals surface area contributed by atoms with Crippen LogP contribution in [0.4, 0.5) is 0 Å². The fourth-order valence-corrected chi connectivity index (χ4v) is 2.95. The topological polar surface area (TPSA) is 54.5 Å². The molecule has 6 heteroatoms. The van der Waals surface area contributed by atoms with Crippen LogP contribution in [0.3, 0.4) is 0 Å². The second-order valence-electron chi connectivity index (χ2n) is 5.77. The number of carbonyl (C=O) groups excluding carboxylic acids is 1. The molecule has 6 nitrogen and oxygen atoms in total. The molecule has 0 spiro atoms. The lowest BCUT2D eigenvalue weighted by atomic mass is 9.96. The van der Waals surface area contributed by atoms with E-state index in [0.29, 0.717) is 6.54 Å². The van der Waals surface area contributed by atoms with E-state index in [-0.39, 0.29) is 11.8 Å². The minimum Gasteiger partial charge on any atom is -0.472 e. The van der Waals surface area contributed by atoms with Crippen LogP contribution in [0.15, 0.2) is 29.3 Å². The fraction of sp³-hybridized carbons (Fsp3) is 0.467. The van der Waals surface area contributed by atoms with Crippen LogP contribution >= 0.6 is 0 Å². The highest BCUT2D eigenvalue weighted by atomic mass is 16.3. The third-order valence-corrected chi connectivity index (χ3v) is 3.93. The van der Waals surface area contributed by atoms with Crippen molar-refractivity contribution >= 4 is 5.91 Å². The number of rotatable bonds is 3. The summed E-state index contributed by atoms with van der Waals surface area (Å²) in [5, 5.41) is 0. The van der Waals surface area contributed by atoms with E-state index in [1.54, 1.807) is 37.8 Å². The molecule has 1 atom stereocenters. The molecule has 3 rings (SSSR count). The fourth-order valence-electron chi connectivity index (χ4n) is 2.95. The molecule has 3 heterocycles. The smallest absolute Gasteiger partial charge is 0.232 e. The second kappa shape index (κ2) is 5.37. The number of furan rings is 1. The Hall–Kier alpha value is -2.08. The predicted octanol–water partition coefficient (Wildman–Crippen LogP) is 1.20. The number of carbonyl (C=O) groups is 1. The van der Waals surface area contributed by atoms with Crippen LogP contribution in [0.1, 0.15) is 22.9 Å². The molecule has 0 saturated heterocycles. The van der Waals surface area contributed by atoms with Gasteiger partial charge in [-0.2, -0.15) is 0 Å². The van der Waals surface area contributed by atoms with Crippen molar-refractivity contribution in [1.29, 1.82) is 0 Å². The average molecular weight is 288 g/mol. The standard InChI is InChI=1S/C15H20N4O2/c1-17(2)15(20)12-7-19(6-11-4-5-21-9-11)8-13-14(12)18(3)10-16-13/h4-5,9-10,12H,6-8H2,1-3H3/t12-/m0/s1. The molecule has 1 aliphatic rings. The predicted molar refractivity (Wildman–Crippen MR) is 77.5 cm³/mol. The summed E-state index contributed by atoms with van der Waals surface area (Å²) in [4.78, 5) is 20.9. The number of hydrogen-bond acceptors (Lipinski definition) is 4. The van der Waals surface area contributed by atoms with Crippen molar-refractivity contribution in [3.8, 4) is 0 Å². The van der Waals surface area contributed by atoms with Crippen LogP contribution < -0.4 is 0 Å². The molecule has 0 bridgehead atoms. The molecule has 21 heavy (non-hydrogen) atoms. The van der Waals surface area contributed by atoms with Gasteiger partial charge in [-0.05, 0) is 6.07 Å². The molecular weight excluding hydrogens is 268 g/mol. The van der Waals surface area contributed by atoms with Crippen LogP contribution in [0.25, 0.3) is 0 Å². The Morgan fingerprint density at radius 3 is 3.00 bits per heavy atom. The SMILES string of the molecule is CN(C)C(=O)[C@H]1CN(Cc2ccoc2)Cc2ncn(C)c21. The third kappa shape index (κ3) is 2.58. The van der Waals surface area contributed by atoms with E-state index in [1.165, 1.54) is 0 Å². The molecule has 0 radical (unpaired) electrons. The minimum atomic E-state index is -0.164. The molecular formula is C15H20N4O2. The largest absolute Gasteiger partial charge is 0.472 e. The zero-order chi connectivity index (χ0) is 15.0. The number of likely N-dealkylation sites (N-methyl/N-ethyl adjacent to an activating group) is 1. The summed E-state index contributed by atoms with van der Waals surface area (Å²) in [6, 6.07) is 1.96. The molecule has 1 aliphatic heterocycles. The molecule has 0 fully saturated rings. The third-order valence-electron chi connectivity index (χ3n) is 3.93. The number of hydrogen-bond donors (Lipinski definition) is 0. The Bertz CT molecular complexity index is 630. The number of aromatic nitrogens is 2. The maximum Gasteiger partial charge on any atom is 0.232 e. The highest BCUT2D eigenvalue weighted by Crippen LogP contribution is 2.29. The molecule has 112 valence electrons. The molecule has 1 amide bonds.